The van der Waals surface area contributed by atoms with Crippen LogP contribution in [0, 0.1) is 5.92 Å². The number of piperazine rings is 1. The highest BCUT2D eigenvalue weighted by Crippen LogP contribution is 2.29. The minimum Gasteiger partial charge on any atom is -0.353 e. The number of carbonyl (C=O) groups excluding carboxylic acids is 1. The van der Waals surface area contributed by atoms with E-state index in [9.17, 15) is 26.4 Å². The lowest BCUT2D eigenvalue weighted by Crippen LogP contribution is -2.49. The summed E-state index contributed by atoms with van der Waals surface area (Å²) in [6, 6.07) is 8.36. The minimum atomic E-state index is -4.43. The lowest BCUT2D eigenvalue weighted by molar-refractivity contribution is -0.137. The number of rotatable bonds is 4. The second kappa shape index (κ2) is 9.53. The molecule has 0 radical (unpaired) electrons. The number of alkyl halides is 3. The van der Waals surface area contributed by atoms with Crippen molar-refractivity contribution < 1.29 is 26.4 Å². The summed E-state index contributed by atoms with van der Waals surface area (Å²) in [7, 11) is -3.59. The van der Waals surface area contributed by atoms with Gasteiger partial charge in [-0.1, -0.05) is 6.92 Å². The molecule has 0 unspecified atom stereocenters. The molecule has 2 aromatic rings. The van der Waals surface area contributed by atoms with E-state index in [0.29, 0.717) is 56.6 Å². The van der Waals surface area contributed by atoms with Crippen molar-refractivity contribution in [2.75, 3.05) is 44.2 Å². The van der Waals surface area contributed by atoms with Crippen LogP contribution in [0.4, 0.5) is 19.0 Å². The molecule has 1 atom stereocenters. The fourth-order valence-corrected chi connectivity index (χ4v) is 5.94. The number of piperidine rings is 1. The van der Waals surface area contributed by atoms with Crippen LogP contribution < -0.4 is 4.90 Å². The maximum absolute atomic E-state index is 12.9. The minimum absolute atomic E-state index is 0.177. The largest absolute Gasteiger partial charge is 0.417 e. The van der Waals surface area contributed by atoms with Gasteiger partial charge in [0.05, 0.1) is 10.5 Å². The summed E-state index contributed by atoms with van der Waals surface area (Å²) in [5.74, 6) is 0.540. The Morgan fingerprint density at radius 1 is 1.00 bits per heavy atom. The van der Waals surface area contributed by atoms with Crippen LogP contribution in [0.15, 0.2) is 47.5 Å². The number of hydrogen-bond donors (Lipinski definition) is 0. The molecule has 4 rings (SSSR count). The van der Waals surface area contributed by atoms with Gasteiger partial charge in [0.15, 0.2) is 0 Å². The number of aromatic nitrogens is 1. The Kier molecular flexibility index (Phi) is 6.86. The Balaban J connectivity index is 1.37. The number of amides is 1. The van der Waals surface area contributed by atoms with Crippen LogP contribution in [-0.2, 0) is 16.2 Å². The van der Waals surface area contributed by atoms with Crippen LogP contribution in [0.25, 0.3) is 0 Å². The van der Waals surface area contributed by atoms with E-state index < -0.39 is 21.8 Å². The molecule has 34 heavy (non-hydrogen) atoms. The molecule has 2 saturated heterocycles. The summed E-state index contributed by atoms with van der Waals surface area (Å²) >= 11 is 0. The van der Waals surface area contributed by atoms with E-state index in [1.54, 1.807) is 4.90 Å². The normalized spacial score (nSPS) is 20.4. The van der Waals surface area contributed by atoms with E-state index in [4.69, 9.17) is 0 Å². The van der Waals surface area contributed by atoms with Crippen molar-refractivity contribution in [3.05, 3.63) is 53.7 Å². The molecule has 0 aliphatic carbocycles. The molecule has 0 bridgehead atoms. The van der Waals surface area contributed by atoms with Crippen LogP contribution in [0.2, 0.25) is 0 Å². The molecular formula is C23H27F3N4O3S. The van der Waals surface area contributed by atoms with Crippen molar-refractivity contribution in [3.63, 3.8) is 0 Å². The van der Waals surface area contributed by atoms with E-state index in [0.717, 1.165) is 25.1 Å². The van der Waals surface area contributed by atoms with Crippen molar-refractivity contribution in [3.8, 4) is 0 Å². The Labute approximate surface area is 197 Å². The SMILES string of the molecule is C[C@H]1CCCN(S(=O)(=O)c2ccc(C(=O)N3CCN(c4ccc(C(F)(F)F)cn4)CC3)cc2)C1. The predicted molar refractivity (Wildman–Crippen MR) is 121 cm³/mol. The molecule has 3 heterocycles. The first kappa shape index (κ1) is 24.5. The fourth-order valence-electron chi connectivity index (χ4n) is 4.35. The molecular weight excluding hydrogens is 469 g/mol. The van der Waals surface area contributed by atoms with Gasteiger partial charge < -0.3 is 9.80 Å². The van der Waals surface area contributed by atoms with Crippen LogP contribution in [0.1, 0.15) is 35.7 Å². The first-order valence-corrected chi connectivity index (χ1v) is 12.7. The number of nitrogens with zero attached hydrogens (tertiary/aromatic N) is 4. The molecule has 0 N–H and O–H groups in total. The molecule has 2 aliphatic rings. The summed E-state index contributed by atoms with van der Waals surface area (Å²) < 4.78 is 65.5. The number of benzene rings is 1. The smallest absolute Gasteiger partial charge is 0.353 e. The van der Waals surface area contributed by atoms with Crippen molar-refractivity contribution in [2.45, 2.75) is 30.8 Å². The van der Waals surface area contributed by atoms with E-state index in [1.165, 1.54) is 34.6 Å². The third-order valence-electron chi connectivity index (χ3n) is 6.32. The molecule has 0 saturated carbocycles. The fraction of sp³-hybridized carbons (Fsp3) is 0.478. The zero-order chi connectivity index (χ0) is 24.5. The van der Waals surface area contributed by atoms with Crippen LogP contribution in [0.3, 0.4) is 0 Å². The summed E-state index contributed by atoms with van der Waals surface area (Å²) in [5.41, 5.74) is -0.405. The number of hydrogen-bond acceptors (Lipinski definition) is 5. The predicted octanol–water partition coefficient (Wildman–Crippen LogP) is 3.48. The molecule has 1 amide bonds. The number of halogens is 3. The third kappa shape index (κ3) is 5.20. The highest BCUT2D eigenvalue weighted by atomic mass is 32.2. The lowest BCUT2D eigenvalue weighted by atomic mass is 10.0. The molecule has 0 spiro atoms. The van der Waals surface area contributed by atoms with Gasteiger partial charge in [-0.2, -0.15) is 17.5 Å². The van der Waals surface area contributed by atoms with Gasteiger partial charge in [-0.05, 0) is 55.2 Å². The zero-order valence-electron chi connectivity index (χ0n) is 18.8. The summed E-state index contributed by atoms with van der Waals surface area (Å²) in [6.07, 6.45) is -1.77. The molecule has 7 nitrogen and oxygen atoms in total. The lowest BCUT2D eigenvalue weighted by Gasteiger charge is -2.35. The number of carbonyl (C=O) groups is 1. The third-order valence-corrected chi connectivity index (χ3v) is 8.20. The quantitative estimate of drug-likeness (QED) is 0.648. The van der Waals surface area contributed by atoms with E-state index >= 15 is 0 Å². The average molecular weight is 497 g/mol. The van der Waals surface area contributed by atoms with Gasteiger partial charge in [0.1, 0.15) is 5.82 Å². The first-order valence-electron chi connectivity index (χ1n) is 11.2. The first-order chi connectivity index (χ1) is 16.1. The van der Waals surface area contributed by atoms with Crippen molar-refractivity contribution >= 4 is 21.7 Å². The Morgan fingerprint density at radius 3 is 2.24 bits per heavy atom. The van der Waals surface area contributed by atoms with Crippen molar-refractivity contribution in [2.24, 2.45) is 5.92 Å². The monoisotopic (exact) mass is 496 g/mol. The van der Waals surface area contributed by atoms with Crippen molar-refractivity contribution in [1.82, 2.24) is 14.2 Å². The van der Waals surface area contributed by atoms with Crippen LogP contribution in [-0.4, -0.2) is 67.8 Å². The van der Waals surface area contributed by atoms with Gasteiger partial charge in [0.25, 0.3) is 5.91 Å². The van der Waals surface area contributed by atoms with Gasteiger partial charge in [-0.25, -0.2) is 13.4 Å². The molecule has 2 fully saturated rings. The summed E-state index contributed by atoms with van der Waals surface area (Å²) in [5, 5.41) is 0. The standard InChI is InChI=1S/C23H27F3N4O3S/c1-17-3-2-10-30(16-17)34(32,33)20-7-4-18(5-8-20)22(31)29-13-11-28(12-14-29)21-9-6-19(15-27-21)23(24,25)26/h4-9,15,17H,2-3,10-14,16H2,1H3/t17-/m0/s1. The maximum Gasteiger partial charge on any atom is 0.417 e. The Bertz CT molecular complexity index is 1110. The van der Waals surface area contributed by atoms with Gasteiger partial charge >= 0.3 is 6.18 Å². The van der Waals surface area contributed by atoms with Crippen LogP contribution >= 0.6 is 0 Å². The van der Waals surface area contributed by atoms with Gasteiger partial charge in [0, 0.05) is 51.0 Å². The Morgan fingerprint density at radius 2 is 1.68 bits per heavy atom. The average Bonchev–Trinajstić information content (AvgIpc) is 2.83. The van der Waals surface area contributed by atoms with Crippen LogP contribution in [0.5, 0.6) is 0 Å². The van der Waals surface area contributed by atoms with Gasteiger partial charge in [-0.3, -0.25) is 4.79 Å². The molecule has 2 aliphatic heterocycles. The Hall–Kier alpha value is -2.66. The van der Waals surface area contributed by atoms with E-state index in [1.807, 2.05) is 11.8 Å². The molecule has 11 heteroatoms. The topological polar surface area (TPSA) is 73.8 Å². The summed E-state index contributed by atoms with van der Waals surface area (Å²) in [4.78, 5) is 20.5. The second-order valence-electron chi connectivity index (χ2n) is 8.82. The van der Waals surface area contributed by atoms with Gasteiger partial charge in [0.2, 0.25) is 10.0 Å². The molecule has 184 valence electrons. The van der Waals surface area contributed by atoms with E-state index in [-0.39, 0.29) is 10.8 Å². The number of pyridine rings is 1. The van der Waals surface area contributed by atoms with Gasteiger partial charge in [-0.15, -0.1) is 0 Å². The maximum atomic E-state index is 12.9. The highest BCUT2D eigenvalue weighted by molar-refractivity contribution is 7.89. The van der Waals surface area contributed by atoms with E-state index in [2.05, 4.69) is 4.98 Å². The highest BCUT2D eigenvalue weighted by Gasteiger charge is 2.32. The number of sulfonamides is 1. The second-order valence-corrected chi connectivity index (χ2v) is 10.8. The molecule has 1 aromatic carbocycles. The zero-order valence-corrected chi connectivity index (χ0v) is 19.6. The van der Waals surface area contributed by atoms with Crippen molar-refractivity contribution in [1.29, 1.82) is 0 Å². The number of anilines is 1. The summed E-state index contributed by atoms with van der Waals surface area (Å²) in [6.45, 7) is 4.68. The molecule has 1 aromatic heterocycles.